The zero-order chi connectivity index (χ0) is 27.2. The van der Waals surface area contributed by atoms with Gasteiger partial charge in [0, 0.05) is 21.9 Å². The van der Waals surface area contributed by atoms with E-state index in [2.05, 4.69) is 114 Å². The second kappa shape index (κ2) is 9.58. The smallest absolute Gasteiger partial charge is 0.163 e. The first kappa shape index (κ1) is 24.0. The maximum Gasteiger partial charge on any atom is 0.163 e. The van der Waals surface area contributed by atoms with E-state index >= 15 is 0 Å². The van der Waals surface area contributed by atoms with Gasteiger partial charge >= 0.3 is 0 Å². The van der Waals surface area contributed by atoms with Crippen molar-refractivity contribution in [2.24, 2.45) is 0 Å². The molecule has 0 radical (unpaired) electrons. The minimum absolute atomic E-state index is 0.678. The molecule has 4 heteroatoms. The lowest BCUT2D eigenvalue weighted by Gasteiger charge is -2.19. The lowest BCUT2D eigenvalue weighted by molar-refractivity contribution is 1.05. The van der Waals surface area contributed by atoms with Gasteiger partial charge in [0.2, 0.25) is 0 Å². The van der Waals surface area contributed by atoms with Crippen molar-refractivity contribution in [3.63, 3.8) is 0 Å². The Balaban J connectivity index is 1.48. The molecule has 2 heterocycles. The molecule has 4 nitrogen and oxygen atoms in total. The Morgan fingerprint density at radius 1 is 0.525 bits per heavy atom. The van der Waals surface area contributed by atoms with Gasteiger partial charge in [0.1, 0.15) is 6.33 Å². The van der Waals surface area contributed by atoms with Crippen LogP contribution in [0.1, 0.15) is 16.7 Å². The molecule has 0 aliphatic rings. The summed E-state index contributed by atoms with van der Waals surface area (Å²) in [5.74, 6) is 1.37. The number of fused-ring (bicyclic) bond motifs is 3. The minimum Gasteiger partial charge on any atom is -0.309 e. The lowest BCUT2D eigenvalue weighted by Crippen LogP contribution is -2.05. The maximum absolute atomic E-state index is 4.93. The van der Waals surface area contributed by atoms with E-state index in [1.165, 1.54) is 44.2 Å². The van der Waals surface area contributed by atoms with Gasteiger partial charge in [-0.15, -0.1) is 0 Å². The van der Waals surface area contributed by atoms with Crippen molar-refractivity contribution in [3.8, 4) is 39.6 Å². The third-order valence-corrected chi connectivity index (χ3v) is 7.76. The lowest BCUT2D eigenvalue weighted by atomic mass is 9.96. The van der Waals surface area contributed by atoms with Crippen LogP contribution < -0.4 is 0 Å². The van der Waals surface area contributed by atoms with E-state index in [0.717, 1.165) is 22.3 Å². The molecule has 0 aliphatic heterocycles. The highest BCUT2D eigenvalue weighted by atomic mass is 15.0. The van der Waals surface area contributed by atoms with Gasteiger partial charge in [0.25, 0.3) is 0 Å². The summed E-state index contributed by atoms with van der Waals surface area (Å²) in [5, 5.41) is 2.48. The van der Waals surface area contributed by atoms with Crippen LogP contribution in [0.2, 0.25) is 0 Å². The quantitative estimate of drug-likeness (QED) is 0.235. The molecule has 5 aromatic carbocycles. The largest absolute Gasteiger partial charge is 0.309 e. The maximum atomic E-state index is 4.93. The Morgan fingerprint density at radius 2 is 1.18 bits per heavy atom. The summed E-state index contributed by atoms with van der Waals surface area (Å²) < 4.78 is 2.41. The van der Waals surface area contributed by atoms with Crippen LogP contribution >= 0.6 is 0 Å². The molecule has 7 aromatic rings. The third-order valence-electron chi connectivity index (χ3n) is 7.76. The van der Waals surface area contributed by atoms with Gasteiger partial charge in [0.15, 0.2) is 11.6 Å². The number of rotatable bonds is 4. The topological polar surface area (TPSA) is 43.6 Å². The molecule has 0 spiro atoms. The summed E-state index contributed by atoms with van der Waals surface area (Å²) >= 11 is 0. The molecule has 0 saturated heterocycles. The number of nitrogens with zero attached hydrogens (tertiary/aromatic N) is 4. The molecule has 0 saturated carbocycles. The number of benzene rings is 5. The fourth-order valence-electron chi connectivity index (χ4n) is 6.03. The molecule has 0 fully saturated rings. The first-order valence-electron chi connectivity index (χ1n) is 13.5. The number of aryl methyl sites for hydroxylation is 2. The van der Waals surface area contributed by atoms with E-state index < -0.39 is 0 Å². The molecule has 192 valence electrons. The van der Waals surface area contributed by atoms with Crippen LogP contribution in [0.3, 0.4) is 0 Å². The van der Waals surface area contributed by atoms with Gasteiger partial charge in [-0.25, -0.2) is 15.0 Å². The Kier molecular flexibility index (Phi) is 5.75. The van der Waals surface area contributed by atoms with Crippen molar-refractivity contribution < 1.29 is 0 Å². The van der Waals surface area contributed by atoms with E-state index in [4.69, 9.17) is 4.98 Å². The molecule has 7 rings (SSSR count). The second-order valence-electron chi connectivity index (χ2n) is 10.3. The van der Waals surface area contributed by atoms with Gasteiger partial charge in [-0.3, -0.25) is 0 Å². The van der Waals surface area contributed by atoms with E-state index in [-0.39, 0.29) is 0 Å². The molecule has 0 N–H and O–H groups in total. The minimum atomic E-state index is 0.678. The zero-order valence-electron chi connectivity index (χ0n) is 22.8. The summed E-state index contributed by atoms with van der Waals surface area (Å²) in [5.41, 5.74) is 11.5. The fourth-order valence-corrected chi connectivity index (χ4v) is 6.03. The van der Waals surface area contributed by atoms with Gasteiger partial charge in [-0.05, 0) is 66.8 Å². The summed E-state index contributed by atoms with van der Waals surface area (Å²) in [4.78, 5) is 14.0. The number of hydrogen-bond donors (Lipinski definition) is 0. The number of aromatic nitrogens is 4. The van der Waals surface area contributed by atoms with Crippen LogP contribution in [0.25, 0.3) is 61.4 Å². The first-order chi connectivity index (χ1) is 19.6. The fraction of sp³-hybridized carbons (Fsp3) is 0.0833. The van der Waals surface area contributed by atoms with E-state index in [9.17, 15) is 0 Å². The molecule has 0 aliphatic carbocycles. The highest BCUT2D eigenvalue weighted by Crippen LogP contribution is 2.39. The van der Waals surface area contributed by atoms with Crippen LogP contribution in [-0.2, 0) is 0 Å². The highest BCUT2D eigenvalue weighted by Gasteiger charge is 2.21. The third kappa shape index (κ3) is 3.88. The molecule has 0 bridgehead atoms. The van der Waals surface area contributed by atoms with E-state index in [0.29, 0.717) is 11.6 Å². The predicted octanol–water partition coefficient (Wildman–Crippen LogP) is 8.89. The van der Waals surface area contributed by atoms with Crippen LogP contribution in [0, 0.1) is 20.8 Å². The van der Waals surface area contributed by atoms with Crippen molar-refractivity contribution >= 4 is 21.8 Å². The van der Waals surface area contributed by atoms with Crippen molar-refractivity contribution in [1.82, 2.24) is 19.5 Å². The number of hydrogen-bond acceptors (Lipinski definition) is 3. The molecule has 0 amide bonds. The molecule has 0 unspecified atom stereocenters. The Morgan fingerprint density at radius 3 is 1.95 bits per heavy atom. The molecular formula is C36H28N4. The van der Waals surface area contributed by atoms with Crippen molar-refractivity contribution in [1.29, 1.82) is 0 Å². The van der Waals surface area contributed by atoms with Crippen molar-refractivity contribution in [2.45, 2.75) is 20.8 Å². The normalized spacial score (nSPS) is 11.4. The van der Waals surface area contributed by atoms with E-state index in [1.807, 2.05) is 30.3 Å². The Labute approximate surface area is 233 Å². The zero-order valence-corrected chi connectivity index (χ0v) is 22.8. The highest BCUT2D eigenvalue weighted by molar-refractivity contribution is 6.10. The van der Waals surface area contributed by atoms with Crippen molar-refractivity contribution in [3.05, 3.63) is 132 Å². The van der Waals surface area contributed by atoms with E-state index in [1.54, 1.807) is 6.33 Å². The van der Waals surface area contributed by atoms with Crippen LogP contribution in [0.15, 0.2) is 116 Å². The summed E-state index contributed by atoms with van der Waals surface area (Å²) in [6, 6.07) is 38.4. The standard InChI is InChI=1S/C36H28N4/c1-23-20-24(2)34(25(3)33(23)36-38-22-37-35(39-36)27-14-8-5-9-15-27)40-31-17-11-10-16-29(31)30-21-28(18-19-32(30)40)26-12-6-4-7-13-26/h4-22H,1-3H3. The van der Waals surface area contributed by atoms with Gasteiger partial charge in [-0.1, -0.05) is 91.0 Å². The van der Waals surface area contributed by atoms with Crippen LogP contribution in [0.5, 0.6) is 0 Å². The average molecular weight is 517 g/mol. The monoisotopic (exact) mass is 516 g/mol. The summed E-state index contributed by atoms with van der Waals surface area (Å²) in [6.45, 7) is 6.53. The molecular weight excluding hydrogens is 488 g/mol. The first-order valence-corrected chi connectivity index (χ1v) is 13.5. The second-order valence-corrected chi connectivity index (χ2v) is 10.3. The predicted molar refractivity (Wildman–Crippen MR) is 165 cm³/mol. The number of para-hydroxylation sites is 1. The van der Waals surface area contributed by atoms with Gasteiger partial charge < -0.3 is 4.57 Å². The van der Waals surface area contributed by atoms with Crippen LogP contribution in [0.4, 0.5) is 0 Å². The molecule has 0 atom stereocenters. The molecule has 40 heavy (non-hydrogen) atoms. The van der Waals surface area contributed by atoms with Crippen LogP contribution in [-0.4, -0.2) is 19.5 Å². The SMILES string of the molecule is Cc1cc(C)c(-n2c3ccccc3c3cc(-c4ccccc4)ccc32)c(C)c1-c1ncnc(-c2ccccc2)n1. The molecule has 2 aromatic heterocycles. The Hall–Kier alpha value is -5.09. The van der Waals surface area contributed by atoms with Gasteiger partial charge in [-0.2, -0.15) is 0 Å². The Bertz CT molecular complexity index is 2020. The van der Waals surface area contributed by atoms with Gasteiger partial charge in [0.05, 0.1) is 16.7 Å². The average Bonchev–Trinajstić information content (AvgIpc) is 3.31. The summed E-state index contributed by atoms with van der Waals surface area (Å²) in [6.07, 6.45) is 1.62. The van der Waals surface area contributed by atoms with Crippen molar-refractivity contribution in [2.75, 3.05) is 0 Å². The summed E-state index contributed by atoms with van der Waals surface area (Å²) in [7, 11) is 0.